The summed E-state index contributed by atoms with van der Waals surface area (Å²) in [5, 5.41) is 4.87. The maximum atomic E-state index is 5.44. The first-order valence-corrected chi connectivity index (χ1v) is 4.83. The maximum absolute atomic E-state index is 5.44. The first-order valence-electron chi connectivity index (χ1n) is 3.89. The average molecular weight is 160 g/mol. The van der Waals surface area contributed by atoms with Gasteiger partial charge in [0.25, 0.3) is 0 Å². The summed E-state index contributed by atoms with van der Waals surface area (Å²) in [6.45, 7) is 5.48. The Kier molecular flexibility index (Phi) is 3.52. The third-order valence-corrected chi connectivity index (χ3v) is 3.16. The molecule has 1 aliphatic heterocycles. The molecule has 1 atom stereocenters. The fraction of sp³-hybridized carbons (Fsp3) is 1.00. The van der Waals surface area contributed by atoms with Crippen LogP contribution >= 0.6 is 11.8 Å². The van der Waals surface area contributed by atoms with Crippen molar-refractivity contribution in [2.24, 2.45) is 5.73 Å². The van der Waals surface area contributed by atoms with Crippen LogP contribution < -0.4 is 11.1 Å². The second-order valence-electron chi connectivity index (χ2n) is 2.80. The lowest BCUT2D eigenvalue weighted by molar-refractivity contribution is 0.541. The molecule has 1 fully saturated rings. The molecule has 10 heavy (non-hydrogen) atoms. The number of hydrogen-bond acceptors (Lipinski definition) is 3. The number of hydrogen-bond donors (Lipinski definition) is 2. The van der Waals surface area contributed by atoms with Crippen molar-refractivity contribution in [1.29, 1.82) is 0 Å². The van der Waals surface area contributed by atoms with Crippen molar-refractivity contribution in [3.63, 3.8) is 0 Å². The van der Waals surface area contributed by atoms with Crippen LogP contribution in [0.25, 0.3) is 0 Å². The van der Waals surface area contributed by atoms with Gasteiger partial charge in [-0.05, 0) is 13.0 Å². The highest BCUT2D eigenvalue weighted by Gasteiger charge is 2.19. The van der Waals surface area contributed by atoms with E-state index in [0.29, 0.717) is 0 Å². The molecule has 1 unspecified atom stereocenters. The molecule has 1 heterocycles. The van der Waals surface area contributed by atoms with Gasteiger partial charge in [-0.1, -0.05) is 6.92 Å². The Labute approximate surface area is 66.9 Å². The highest BCUT2D eigenvalue weighted by Crippen LogP contribution is 2.21. The van der Waals surface area contributed by atoms with Crippen LogP contribution in [0.2, 0.25) is 0 Å². The summed E-state index contributed by atoms with van der Waals surface area (Å²) in [7, 11) is 0. The molecule has 0 spiro atoms. The van der Waals surface area contributed by atoms with Gasteiger partial charge in [-0.3, -0.25) is 0 Å². The van der Waals surface area contributed by atoms with Gasteiger partial charge in [0.05, 0.1) is 0 Å². The molecule has 0 saturated carbocycles. The Bertz CT molecular complexity index is 93.6. The van der Waals surface area contributed by atoms with Crippen molar-refractivity contribution in [2.75, 3.05) is 19.6 Å². The van der Waals surface area contributed by atoms with E-state index in [1.807, 2.05) is 0 Å². The normalized spacial score (nSPS) is 22.2. The summed E-state index contributed by atoms with van der Waals surface area (Å²) in [5.74, 6) is 0. The van der Waals surface area contributed by atoms with Gasteiger partial charge >= 0.3 is 0 Å². The van der Waals surface area contributed by atoms with Crippen molar-refractivity contribution >= 4 is 11.8 Å². The Morgan fingerprint density at radius 2 is 2.40 bits per heavy atom. The monoisotopic (exact) mass is 160 g/mol. The summed E-state index contributed by atoms with van der Waals surface area (Å²) in [6, 6.07) is 0. The molecule has 3 N–H and O–H groups in total. The molecule has 0 aromatic heterocycles. The van der Waals surface area contributed by atoms with Crippen molar-refractivity contribution in [3.8, 4) is 0 Å². The largest absolute Gasteiger partial charge is 0.330 e. The minimum Gasteiger partial charge on any atom is -0.330 e. The topological polar surface area (TPSA) is 38.0 Å². The molecule has 0 aromatic rings. The molecule has 60 valence electrons. The minimum atomic E-state index is 0.747. The van der Waals surface area contributed by atoms with Crippen molar-refractivity contribution < 1.29 is 0 Å². The van der Waals surface area contributed by atoms with Gasteiger partial charge in [0.2, 0.25) is 0 Å². The van der Waals surface area contributed by atoms with E-state index in [-0.39, 0.29) is 0 Å². The Morgan fingerprint density at radius 3 is 2.80 bits per heavy atom. The zero-order chi connectivity index (χ0) is 7.40. The lowest BCUT2D eigenvalue weighted by Crippen LogP contribution is -2.45. The van der Waals surface area contributed by atoms with Crippen LogP contribution in [0.5, 0.6) is 0 Å². The second-order valence-corrected chi connectivity index (χ2v) is 4.55. The third kappa shape index (κ3) is 2.48. The molecule has 1 saturated heterocycles. The number of rotatable bonds is 4. The van der Waals surface area contributed by atoms with E-state index >= 15 is 0 Å². The van der Waals surface area contributed by atoms with E-state index in [1.165, 1.54) is 13.1 Å². The quantitative estimate of drug-likeness (QED) is 0.626. The molecule has 2 nitrogen and oxygen atoms in total. The molecule has 0 bridgehead atoms. The summed E-state index contributed by atoms with van der Waals surface area (Å²) in [5.41, 5.74) is 5.44. The van der Waals surface area contributed by atoms with Gasteiger partial charge in [0.1, 0.15) is 0 Å². The predicted octanol–water partition coefficient (Wildman–Crippen LogP) is 0.429. The maximum Gasteiger partial charge on any atom is 0.0299 e. The van der Waals surface area contributed by atoms with E-state index in [1.54, 1.807) is 0 Å². The van der Waals surface area contributed by atoms with Gasteiger partial charge < -0.3 is 11.1 Å². The van der Waals surface area contributed by atoms with Crippen LogP contribution in [0.4, 0.5) is 0 Å². The standard InChI is InChI=1S/C7H16N2S/c1-6(2-3-8)10-7-4-9-5-7/h6-7,9H,2-5,8H2,1H3. The molecule has 0 radical (unpaired) electrons. The van der Waals surface area contributed by atoms with E-state index < -0.39 is 0 Å². The highest BCUT2D eigenvalue weighted by atomic mass is 32.2. The van der Waals surface area contributed by atoms with Gasteiger partial charge in [-0.2, -0.15) is 11.8 Å². The fourth-order valence-electron chi connectivity index (χ4n) is 0.990. The second kappa shape index (κ2) is 4.21. The summed E-state index contributed by atoms with van der Waals surface area (Å²) < 4.78 is 0. The van der Waals surface area contributed by atoms with Gasteiger partial charge in [-0.15, -0.1) is 0 Å². The number of nitrogens with one attached hydrogen (secondary N) is 1. The highest BCUT2D eigenvalue weighted by molar-refractivity contribution is 8.00. The Morgan fingerprint density at radius 1 is 1.70 bits per heavy atom. The molecule has 3 heteroatoms. The smallest absolute Gasteiger partial charge is 0.0299 e. The zero-order valence-electron chi connectivity index (χ0n) is 6.47. The molecule has 1 rings (SSSR count). The molecule has 0 aromatic carbocycles. The first-order chi connectivity index (χ1) is 4.83. The van der Waals surface area contributed by atoms with Crippen molar-refractivity contribution in [2.45, 2.75) is 23.8 Å². The molecule has 0 aliphatic carbocycles. The van der Waals surface area contributed by atoms with E-state index in [4.69, 9.17) is 5.73 Å². The average Bonchev–Trinajstić information content (AvgIpc) is 1.80. The number of thioether (sulfide) groups is 1. The SMILES string of the molecule is CC(CCN)SC1CNC1. The summed E-state index contributed by atoms with van der Waals surface area (Å²) in [6.07, 6.45) is 1.15. The summed E-state index contributed by atoms with van der Waals surface area (Å²) in [4.78, 5) is 0. The van der Waals surface area contributed by atoms with Crippen molar-refractivity contribution in [1.82, 2.24) is 5.32 Å². The zero-order valence-corrected chi connectivity index (χ0v) is 7.29. The van der Waals surface area contributed by atoms with E-state index in [2.05, 4.69) is 24.0 Å². The number of nitrogens with two attached hydrogens (primary N) is 1. The Balaban J connectivity index is 1.99. The minimum absolute atomic E-state index is 0.747. The van der Waals surface area contributed by atoms with Crippen LogP contribution in [0.3, 0.4) is 0 Å². The molecular formula is C7H16N2S. The van der Waals surface area contributed by atoms with Crippen molar-refractivity contribution in [3.05, 3.63) is 0 Å². The lowest BCUT2D eigenvalue weighted by atomic mass is 10.3. The van der Waals surface area contributed by atoms with Crippen LogP contribution in [0.1, 0.15) is 13.3 Å². The van der Waals surface area contributed by atoms with Gasteiger partial charge in [-0.25, -0.2) is 0 Å². The van der Waals surface area contributed by atoms with Gasteiger partial charge in [0.15, 0.2) is 0 Å². The fourth-order valence-corrected chi connectivity index (χ4v) is 2.35. The summed E-state index contributed by atoms with van der Waals surface area (Å²) >= 11 is 2.07. The van der Waals surface area contributed by atoms with E-state index in [0.717, 1.165) is 23.5 Å². The first kappa shape index (κ1) is 8.37. The third-order valence-electron chi connectivity index (χ3n) is 1.74. The van der Waals surface area contributed by atoms with Crippen LogP contribution in [-0.2, 0) is 0 Å². The molecule has 1 aliphatic rings. The predicted molar refractivity (Wildman–Crippen MR) is 47.4 cm³/mol. The van der Waals surface area contributed by atoms with Crippen LogP contribution in [0, 0.1) is 0 Å². The van der Waals surface area contributed by atoms with Crippen LogP contribution in [0.15, 0.2) is 0 Å². The Hall–Kier alpha value is 0.270. The lowest BCUT2D eigenvalue weighted by Gasteiger charge is -2.28. The molecular weight excluding hydrogens is 144 g/mol. The van der Waals surface area contributed by atoms with E-state index in [9.17, 15) is 0 Å². The van der Waals surface area contributed by atoms with Gasteiger partial charge in [0, 0.05) is 23.6 Å². The van der Waals surface area contributed by atoms with Crippen LogP contribution in [-0.4, -0.2) is 30.1 Å². The molecule has 0 amide bonds.